The number of aryl methyl sites for hydroxylation is 1. The molecule has 28 heavy (non-hydrogen) atoms. The van der Waals surface area contributed by atoms with Crippen molar-refractivity contribution in [3.63, 3.8) is 0 Å². The Labute approximate surface area is 186 Å². The van der Waals surface area contributed by atoms with Crippen molar-refractivity contribution in [2.45, 2.75) is 52.7 Å². The molecule has 1 aromatic carbocycles. The Balaban J connectivity index is 0.00000392. The minimum atomic E-state index is 0. The van der Waals surface area contributed by atoms with E-state index in [9.17, 15) is 0 Å². The van der Waals surface area contributed by atoms with E-state index in [1.807, 2.05) is 6.07 Å². The molecule has 2 N–H and O–H groups in total. The van der Waals surface area contributed by atoms with Gasteiger partial charge in [0.15, 0.2) is 11.7 Å². The van der Waals surface area contributed by atoms with Gasteiger partial charge in [-0.3, -0.25) is 4.90 Å². The SMILES string of the molecule is CCNC(=NCc1cc(CC)no1)NCCC(C)N(C)Cc1ccccc1.I. The minimum Gasteiger partial charge on any atom is -0.359 e. The van der Waals surface area contributed by atoms with Crippen molar-refractivity contribution >= 4 is 29.9 Å². The molecule has 156 valence electrons. The highest BCUT2D eigenvalue weighted by atomic mass is 127. The third-order valence-corrected chi connectivity index (χ3v) is 4.59. The zero-order chi connectivity index (χ0) is 19.5. The van der Waals surface area contributed by atoms with Gasteiger partial charge in [-0.25, -0.2) is 4.99 Å². The molecule has 7 heteroatoms. The van der Waals surface area contributed by atoms with Crippen LogP contribution in [0.2, 0.25) is 0 Å². The maximum Gasteiger partial charge on any atom is 0.191 e. The van der Waals surface area contributed by atoms with Crippen LogP contribution in [0.4, 0.5) is 0 Å². The van der Waals surface area contributed by atoms with E-state index < -0.39 is 0 Å². The summed E-state index contributed by atoms with van der Waals surface area (Å²) in [5.41, 5.74) is 2.31. The van der Waals surface area contributed by atoms with E-state index in [1.54, 1.807) is 0 Å². The molecule has 2 aromatic rings. The molecule has 0 aliphatic rings. The summed E-state index contributed by atoms with van der Waals surface area (Å²) in [6.45, 7) is 9.53. The monoisotopic (exact) mass is 499 g/mol. The van der Waals surface area contributed by atoms with Gasteiger partial charge in [-0.15, -0.1) is 24.0 Å². The number of nitrogens with one attached hydrogen (secondary N) is 2. The zero-order valence-corrected chi connectivity index (χ0v) is 19.8. The van der Waals surface area contributed by atoms with Crippen LogP contribution in [0.5, 0.6) is 0 Å². The molecule has 0 saturated carbocycles. The molecular weight excluding hydrogens is 465 g/mol. The normalized spacial score (nSPS) is 12.5. The van der Waals surface area contributed by atoms with Crippen molar-refractivity contribution in [2.24, 2.45) is 4.99 Å². The number of aliphatic imine (C=N–C) groups is 1. The number of halogens is 1. The molecule has 0 aliphatic carbocycles. The third-order valence-electron chi connectivity index (χ3n) is 4.59. The maximum absolute atomic E-state index is 5.30. The molecule has 0 amide bonds. The lowest BCUT2D eigenvalue weighted by Crippen LogP contribution is -2.40. The van der Waals surface area contributed by atoms with Crippen LogP contribution in [0.3, 0.4) is 0 Å². The highest BCUT2D eigenvalue weighted by molar-refractivity contribution is 14.0. The molecule has 0 radical (unpaired) electrons. The molecule has 1 unspecified atom stereocenters. The number of nitrogens with zero attached hydrogens (tertiary/aromatic N) is 3. The van der Waals surface area contributed by atoms with Gasteiger partial charge in [-0.2, -0.15) is 0 Å². The van der Waals surface area contributed by atoms with E-state index in [0.717, 1.165) is 49.9 Å². The Morgan fingerprint density at radius 3 is 2.61 bits per heavy atom. The van der Waals surface area contributed by atoms with Crippen molar-refractivity contribution < 1.29 is 4.52 Å². The second-order valence-corrected chi connectivity index (χ2v) is 6.80. The fraction of sp³-hybridized carbons (Fsp3) is 0.524. The summed E-state index contributed by atoms with van der Waals surface area (Å²) >= 11 is 0. The predicted octanol–water partition coefficient (Wildman–Crippen LogP) is 3.82. The van der Waals surface area contributed by atoms with Crippen LogP contribution < -0.4 is 10.6 Å². The smallest absolute Gasteiger partial charge is 0.191 e. The summed E-state index contributed by atoms with van der Waals surface area (Å²) in [5.74, 6) is 1.60. The van der Waals surface area contributed by atoms with Crippen LogP contribution in [0.1, 0.15) is 44.2 Å². The second-order valence-electron chi connectivity index (χ2n) is 6.80. The zero-order valence-electron chi connectivity index (χ0n) is 17.4. The molecule has 6 nitrogen and oxygen atoms in total. The summed E-state index contributed by atoms with van der Waals surface area (Å²) in [6, 6.07) is 13.0. The molecule has 1 aromatic heterocycles. The Hall–Kier alpha value is -1.61. The lowest BCUT2D eigenvalue weighted by atomic mass is 10.1. The van der Waals surface area contributed by atoms with Gasteiger partial charge in [0.25, 0.3) is 0 Å². The Morgan fingerprint density at radius 2 is 1.96 bits per heavy atom. The number of hydrogen-bond donors (Lipinski definition) is 2. The van der Waals surface area contributed by atoms with Gasteiger partial charge in [0.1, 0.15) is 6.54 Å². The first-order valence-corrected chi connectivity index (χ1v) is 9.83. The molecule has 0 fully saturated rings. The average Bonchev–Trinajstić information content (AvgIpc) is 3.15. The highest BCUT2D eigenvalue weighted by Crippen LogP contribution is 2.08. The average molecular weight is 499 g/mol. The molecule has 2 rings (SSSR count). The fourth-order valence-electron chi connectivity index (χ4n) is 2.74. The van der Waals surface area contributed by atoms with Crippen molar-refractivity contribution in [2.75, 3.05) is 20.1 Å². The Morgan fingerprint density at radius 1 is 1.21 bits per heavy atom. The lowest BCUT2D eigenvalue weighted by Gasteiger charge is -2.25. The molecule has 0 bridgehead atoms. The van der Waals surface area contributed by atoms with Crippen molar-refractivity contribution in [1.82, 2.24) is 20.7 Å². The van der Waals surface area contributed by atoms with E-state index in [4.69, 9.17) is 4.52 Å². The number of rotatable bonds is 10. The van der Waals surface area contributed by atoms with Crippen molar-refractivity contribution in [3.05, 3.63) is 53.4 Å². The van der Waals surface area contributed by atoms with E-state index in [-0.39, 0.29) is 24.0 Å². The quantitative estimate of drug-likeness (QED) is 0.296. The molecular formula is C21H34IN5O. The molecule has 1 atom stereocenters. The summed E-state index contributed by atoms with van der Waals surface area (Å²) in [6.07, 6.45) is 1.91. The van der Waals surface area contributed by atoms with Crippen LogP contribution >= 0.6 is 24.0 Å². The Bertz CT molecular complexity index is 689. The minimum absolute atomic E-state index is 0. The van der Waals surface area contributed by atoms with Gasteiger partial charge in [0.2, 0.25) is 0 Å². The van der Waals surface area contributed by atoms with Gasteiger partial charge in [-0.05, 0) is 39.3 Å². The summed E-state index contributed by atoms with van der Waals surface area (Å²) in [7, 11) is 2.17. The number of hydrogen-bond acceptors (Lipinski definition) is 4. The largest absolute Gasteiger partial charge is 0.359 e. The van der Waals surface area contributed by atoms with Gasteiger partial charge < -0.3 is 15.2 Å². The van der Waals surface area contributed by atoms with E-state index >= 15 is 0 Å². The predicted molar refractivity (Wildman–Crippen MR) is 126 cm³/mol. The van der Waals surface area contributed by atoms with Gasteiger partial charge in [0.05, 0.1) is 5.69 Å². The van der Waals surface area contributed by atoms with Crippen molar-refractivity contribution in [1.29, 1.82) is 0 Å². The molecule has 1 heterocycles. The number of aromatic nitrogens is 1. The fourth-order valence-corrected chi connectivity index (χ4v) is 2.74. The maximum atomic E-state index is 5.30. The van der Waals surface area contributed by atoms with E-state index in [1.165, 1.54) is 5.56 Å². The van der Waals surface area contributed by atoms with Gasteiger partial charge >= 0.3 is 0 Å². The van der Waals surface area contributed by atoms with Crippen LogP contribution in [0.15, 0.2) is 45.9 Å². The Kier molecular flexibility index (Phi) is 11.8. The first-order chi connectivity index (χ1) is 13.1. The number of guanidine groups is 1. The van der Waals surface area contributed by atoms with Crippen LogP contribution in [-0.2, 0) is 19.5 Å². The third kappa shape index (κ3) is 8.60. The molecule has 0 aliphatic heterocycles. The second kappa shape index (κ2) is 13.5. The number of benzene rings is 1. The van der Waals surface area contributed by atoms with Crippen LogP contribution in [0, 0.1) is 0 Å². The van der Waals surface area contributed by atoms with E-state index in [2.05, 4.69) is 83.8 Å². The standard InChI is InChI=1S/C21H33N5O.HI/c1-5-19-14-20(27-25-19)15-24-21(22-6-2)23-13-12-17(3)26(4)16-18-10-8-7-9-11-18;/h7-11,14,17H,5-6,12-13,15-16H2,1-4H3,(H2,22,23,24);1H. The van der Waals surface area contributed by atoms with Gasteiger partial charge in [0, 0.05) is 31.7 Å². The first-order valence-electron chi connectivity index (χ1n) is 9.83. The van der Waals surface area contributed by atoms with Crippen LogP contribution in [-0.4, -0.2) is 42.2 Å². The molecule has 0 spiro atoms. The summed E-state index contributed by atoms with van der Waals surface area (Å²) in [5, 5.41) is 10.7. The van der Waals surface area contributed by atoms with Gasteiger partial charge in [-0.1, -0.05) is 42.4 Å². The van der Waals surface area contributed by atoms with E-state index in [0.29, 0.717) is 12.6 Å². The first kappa shape index (κ1) is 24.4. The topological polar surface area (TPSA) is 65.7 Å². The lowest BCUT2D eigenvalue weighted by molar-refractivity contribution is 0.238. The summed E-state index contributed by atoms with van der Waals surface area (Å²) in [4.78, 5) is 6.96. The molecule has 0 saturated heterocycles. The summed E-state index contributed by atoms with van der Waals surface area (Å²) < 4.78 is 5.30. The highest BCUT2D eigenvalue weighted by Gasteiger charge is 2.10. The van der Waals surface area contributed by atoms with Crippen molar-refractivity contribution in [3.8, 4) is 0 Å². The van der Waals surface area contributed by atoms with Crippen LogP contribution in [0.25, 0.3) is 0 Å².